The molecule has 1 N–H and O–H groups in total. The third-order valence-electron chi connectivity index (χ3n) is 5.56. The number of carbonyl (C=O) groups is 1. The number of carbonyl (C=O) groups excluding carboxylic acids is 1. The molecule has 11 heteroatoms. The fourth-order valence-corrected chi connectivity index (χ4v) is 6.54. The maximum Gasteiger partial charge on any atom is 0.243 e. The number of nitrogens with one attached hydrogen (secondary N) is 1. The second-order valence-corrected chi connectivity index (χ2v) is 11.8. The van der Waals surface area contributed by atoms with Crippen molar-refractivity contribution in [3.63, 3.8) is 0 Å². The van der Waals surface area contributed by atoms with Crippen LogP contribution >= 0.6 is 0 Å². The van der Waals surface area contributed by atoms with Crippen LogP contribution in [0, 0.1) is 0 Å². The Bertz CT molecular complexity index is 936. The summed E-state index contributed by atoms with van der Waals surface area (Å²) in [7, 11) is -6.86. The first-order chi connectivity index (χ1) is 14.8. The van der Waals surface area contributed by atoms with Crippen molar-refractivity contribution in [2.45, 2.75) is 37.0 Å². The molecule has 0 spiro atoms. The van der Waals surface area contributed by atoms with Crippen molar-refractivity contribution in [3.05, 3.63) is 29.8 Å². The van der Waals surface area contributed by atoms with Gasteiger partial charge in [-0.1, -0.05) is 18.6 Å². The molecule has 2 saturated heterocycles. The molecule has 0 saturated carbocycles. The van der Waals surface area contributed by atoms with Crippen molar-refractivity contribution in [2.75, 3.05) is 51.7 Å². The molecule has 31 heavy (non-hydrogen) atoms. The number of hydrogen-bond donors (Lipinski definition) is 1. The molecule has 174 valence electrons. The molecule has 9 nitrogen and oxygen atoms in total. The third-order valence-corrected chi connectivity index (χ3v) is 9.35. The largest absolute Gasteiger partial charge is 0.379 e. The number of hydrogen-bond acceptors (Lipinski definition) is 6. The van der Waals surface area contributed by atoms with Gasteiger partial charge < -0.3 is 10.1 Å². The maximum atomic E-state index is 12.7. The molecule has 2 fully saturated rings. The number of benzene rings is 1. The van der Waals surface area contributed by atoms with Gasteiger partial charge in [-0.25, -0.2) is 16.8 Å². The van der Waals surface area contributed by atoms with Gasteiger partial charge in [-0.2, -0.15) is 8.61 Å². The minimum absolute atomic E-state index is 0.0611. The number of piperidine rings is 1. The first-order valence-electron chi connectivity index (χ1n) is 10.7. The molecule has 0 radical (unpaired) electrons. The zero-order valence-corrected chi connectivity index (χ0v) is 19.3. The lowest BCUT2D eigenvalue weighted by atomic mass is 10.1. The number of sulfonamides is 2. The van der Waals surface area contributed by atoms with Gasteiger partial charge in [0.1, 0.15) is 0 Å². The van der Waals surface area contributed by atoms with Crippen LogP contribution in [0.4, 0.5) is 0 Å². The van der Waals surface area contributed by atoms with Crippen molar-refractivity contribution in [1.29, 1.82) is 0 Å². The molecule has 2 aliphatic heterocycles. The molecule has 0 aromatic heterocycles. The van der Waals surface area contributed by atoms with Gasteiger partial charge in [-0.15, -0.1) is 0 Å². The lowest BCUT2D eigenvalue weighted by Gasteiger charge is -2.26. The Kier molecular flexibility index (Phi) is 8.45. The van der Waals surface area contributed by atoms with E-state index in [9.17, 15) is 21.6 Å². The summed E-state index contributed by atoms with van der Waals surface area (Å²) in [6.45, 7) is 2.66. The number of nitrogens with zero attached hydrogens (tertiary/aromatic N) is 2. The van der Waals surface area contributed by atoms with E-state index < -0.39 is 20.0 Å². The molecule has 3 rings (SSSR count). The van der Waals surface area contributed by atoms with E-state index in [0.29, 0.717) is 45.8 Å². The zero-order valence-electron chi connectivity index (χ0n) is 17.7. The molecule has 1 amide bonds. The van der Waals surface area contributed by atoms with Crippen LogP contribution in [0.2, 0.25) is 0 Å². The first-order valence-corrected chi connectivity index (χ1v) is 13.8. The van der Waals surface area contributed by atoms with Crippen molar-refractivity contribution in [3.8, 4) is 0 Å². The lowest BCUT2D eigenvalue weighted by Crippen LogP contribution is -2.43. The highest BCUT2D eigenvalue weighted by Gasteiger charge is 2.26. The molecule has 0 atom stereocenters. The fourth-order valence-electron chi connectivity index (χ4n) is 3.70. The van der Waals surface area contributed by atoms with Crippen LogP contribution in [0.3, 0.4) is 0 Å². The smallest absolute Gasteiger partial charge is 0.243 e. The molecule has 0 bridgehead atoms. The third kappa shape index (κ3) is 6.72. The van der Waals surface area contributed by atoms with E-state index in [1.165, 1.54) is 8.61 Å². The Hall–Kier alpha value is -1.53. The van der Waals surface area contributed by atoms with Gasteiger partial charge in [0.05, 0.1) is 23.9 Å². The number of aryl methyl sites for hydroxylation is 1. The van der Waals surface area contributed by atoms with Crippen LogP contribution in [0.15, 0.2) is 29.2 Å². The highest BCUT2D eigenvalue weighted by molar-refractivity contribution is 7.89. The predicted molar refractivity (Wildman–Crippen MR) is 117 cm³/mol. The Morgan fingerprint density at radius 2 is 1.55 bits per heavy atom. The summed E-state index contributed by atoms with van der Waals surface area (Å²) in [5.41, 5.74) is 0.855. The molecular weight excluding hydrogens is 442 g/mol. The van der Waals surface area contributed by atoms with Gasteiger partial charge in [0.25, 0.3) is 0 Å². The minimum atomic E-state index is -3.46. The molecule has 1 aromatic rings. The van der Waals surface area contributed by atoms with Crippen LogP contribution in [0.1, 0.15) is 31.2 Å². The van der Waals surface area contributed by atoms with Gasteiger partial charge in [0, 0.05) is 39.1 Å². The number of morpholine rings is 1. The van der Waals surface area contributed by atoms with Crippen molar-refractivity contribution in [1.82, 2.24) is 13.9 Å². The average Bonchev–Trinajstić information content (AvgIpc) is 2.79. The highest BCUT2D eigenvalue weighted by Crippen LogP contribution is 2.21. The van der Waals surface area contributed by atoms with Gasteiger partial charge in [-0.05, 0) is 37.0 Å². The molecule has 0 unspecified atom stereocenters. The molecular formula is C20H31N3O6S2. The summed E-state index contributed by atoms with van der Waals surface area (Å²) in [5, 5.41) is 2.65. The quantitative estimate of drug-likeness (QED) is 0.561. The van der Waals surface area contributed by atoms with E-state index in [2.05, 4.69) is 5.32 Å². The summed E-state index contributed by atoms with van der Waals surface area (Å²) in [6.07, 6.45) is 3.49. The van der Waals surface area contributed by atoms with E-state index >= 15 is 0 Å². The summed E-state index contributed by atoms with van der Waals surface area (Å²) < 4.78 is 57.9. The Balaban J connectivity index is 1.43. The van der Waals surface area contributed by atoms with Gasteiger partial charge >= 0.3 is 0 Å². The minimum Gasteiger partial charge on any atom is -0.379 e. The Morgan fingerprint density at radius 1 is 0.903 bits per heavy atom. The summed E-state index contributed by atoms with van der Waals surface area (Å²) in [4.78, 5) is 12.3. The van der Waals surface area contributed by atoms with Crippen LogP contribution in [0.25, 0.3) is 0 Å². The normalized spacial score (nSPS) is 19.2. The van der Waals surface area contributed by atoms with Crippen molar-refractivity contribution >= 4 is 26.0 Å². The van der Waals surface area contributed by atoms with E-state index in [0.717, 1.165) is 24.8 Å². The SMILES string of the molecule is O=C(CCc1ccc(S(=O)(=O)N2CCCCC2)cc1)NCCS(=O)(=O)N1CCOCC1. The number of amides is 1. The second-order valence-electron chi connectivity index (χ2n) is 7.79. The van der Waals surface area contributed by atoms with Gasteiger partial charge in [-0.3, -0.25) is 4.79 Å². The molecule has 1 aromatic carbocycles. The monoisotopic (exact) mass is 473 g/mol. The summed E-state index contributed by atoms with van der Waals surface area (Å²) >= 11 is 0. The van der Waals surface area contributed by atoms with E-state index in [-0.39, 0.29) is 29.5 Å². The topological polar surface area (TPSA) is 113 Å². The van der Waals surface area contributed by atoms with Crippen LogP contribution < -0.4 is 5.32 Å². The average molecular weight is 474 g/mol. The molecule has 2 aliphatic rings. The standard InChI is InChI=1S/C20H31N3O6S2/c24-20(21-10-17-30(25,26)22-13-15-29-16-14-22)9-6-18-4-7-19(8-5-18)31(27,28)23-11-2-1-3-12-23/h4-5,7-8H,1-3,6,9-17H2,(H,21,24). The highest BCUT2D eigenvalue weighted by atomic mass is 32.2. The zero-order chi connectivity index (χ0) is 22.3. The number of rotatable bonds is 9. The van der Waals surface area contributed by atoms with Crippen molar-refractivity contribution < 1.29 is 26.4 Å². The van der Waals surface area contributed by atoms with Gasteiger partial charge in [0.2, 0.25) is 26.0 Å². The van der Waals surface area contributed by atoms with Crippen molar-refractivity contribution in [2.24, 2.45) is 0 Å². The van der Waals surface area contributed by atoms with Crippen LogP contribution in [-0.2, 0) is 36.0 Å². The fraction of sp³-hybridized carbons (Fsp3) is 0.650. The Morgan fingerprint density at radius 3 is 2.19 bits per heavy atom. The molecule has 0 aliphatic carbocycles. The maximum absolute atomic E-state index is 12.7. The second kappa shape index (κ2) is 10.9. The molecule has 2 heterocycles. The summed E-state index contributed by atoms with van der Waals surface area (Å²) in [5.74, 6) is -0.371. The van der Waals surface area contributed by atoms with Gasteiger partial charge in [0.15, 0.2) is 0 Å². The number of ether oxygens (including phenoxy) is 1. The lowest BCUT2D eigenvalue weighted by molar-refractivity contribution is -0.120. The van der Waals surface area contributed by atoms with Crippen LogP contribution in [0.5, 0.6) is 0 Å². The van der Waals surface area contributed by atoms with E-state index in [1.54, 1.807) is 24.3 Å². The van der Waals surface area contributed by atoms with E-state index in [4.69, 9.17) is 4.74 Å². The van der Waals surface area contributed by atoms with E-state index in [1.807, 2.05) is 0 Å². The van der Waals surface area contributed by atoms with Crippen LogP contribution in [-0.4, -0.2) is 83.0 Å². The summed E-state index contributed by atoms with van der Waals surface area (Å²) in [6, 6.07) is 6.64. The first kappa shape index (κ1) is 24.1. The Labute approximate surface area is 184 Å². The predicted octanol–water partition coefficient (Wildman–Crippen LogP) is 0.572.